The van der Waals surface area contributed by atoms with E-state index in [1.807, 2.05) is 188 Å². The predicted octanol–water partition coefficient (Wildman–Crippen LogP) is 7.84. The van der Waals surface area contributed by atoms with Crippen molar-refractivity contribution < 1.29 is 18.6 Å². The van der Waals surface area contributed by atoms with Crippen molar-refractivity contribution in [2.24, 2.45) is 0 Å². The van der Waals surface area contributed by atoms with Crippen molar-refractivity contribution in [3.05, 3.63) is 235 Å². The molecule has 0 saturated heterocycles. The highest BCUT2D eigenvalue weighted by Gasteiger charge is 2.06. The topological polar surface area (TPSA) is 226 Å². The Morgan fingerprint density at radius 2 is 0.927 bits per heavy atom. The quantitative estimate of drug-likeness (QED) is 0.0982. The maximum atomic E-state index is 12.8. The van der Waals surface area contributed by atoms with Gasteiger partial charge in [0.1, 0.15) is 17.5 Å². The van der Waals surface area contributed by atoms with Gasteiger partial charge in [0.15, 0.2) is 31.0 Å². The van der Waals surface area contributed by atoms with Gasteiger partial charge in [0.2, 0.25) is 11.6 Å². The van der Waals surface area contributed by atoms with Gasteiger partial charge < -0.3 is 46.7 Å². The van der Waals surface area contributed by atoms with Gasteiger partial charge in [-0.2, -0.15) is 14.2 Å². The average Bonchev–Trinajstić information content (AvgIpc) is 3.42. The molecular formula is C62H91FN16O3. The van der Waals surface area contributed by atoms with Crippen molar-refractivity contribution in [2.75, 3.05) is 81.9 Å². The molecule has 19 nitrogen and oxygen atoms in total. The average molecular weight is 1130 g/mol. The Labute approximate surface area is 488 Å². The molecule has 0 fully saturated rings. The van der Waals surface area contributed by atoms with Crippen LogP contribution in [-0.2, 0) is 32.7 Å². The molecule has 0 atom stereocenters. The maximum Gasteiger partial charge on any atom is 0.220 e. The molecule has 444 valence electrons. The Morgan fingerprint density at radius 1 is 0.439 bits per heavy atom. The van der Waals surface area contributed by atoms with Gasteiger partial charge in [-0.25, -0.2) is 29.3 Å². The minimum atomic E-state index is -0.155. The van der Waals surface area contributed by atoms with Gasteiger partial charge in [-0.15, -0.1) is 0 Å². The second-order valence-electron chi connectivity index (χ2n) is 20.8. The summed E-state index contributed by atoms with van der Waals surface area (Å²) in [6.07, 6.45) is 14.6. The van der Waals surface area contributed by atoms with Crippen molar-refractivity contribution in [2.45, 2.75) is 88.1 Å². The van der Waals surface area contributed by atoms with Crippen LogP contribution in [0, 0.1) is 76.8 Å². The monoisotopic (exact) mass is 1130 g/mol. The lowest BCUT2D eigenvalue weighted by atomic mass is 10.1. The predicted molar refractivity (Wildman–Crippen MR) is 329 cm³/mol. The summed E-state index contributed by atoms with van der Waals surface area (Å²) in [4.78, 5) is 34.2. The van der Waals surface area contributed by atoms with Crippen LogP contribution in [0.2, 0.25) is 0 Å². The lowest BCUT2D eigenvalue weighted by Gasteiger charge is -2.11. The first-order valence-corrected chi connectivity index (χ1v) is 26.5. The van der Waals surface area contributed by atoms with E-state index in [1.165, 1.54) is 30.2 Å². The van der Waals surface area contributed by atoms with E-state index in [2.05, 4.69) is 52.7 Å². The lowest BCUT2D eigenvalue weighted by Crippen LogP contribution is -2.34. The van der Waals surface area contributed by atoms with E-state index < -0.39 is 0 Å². The van der Waals surface area contributed by atoms with Crippen LogP contribution in [0.3, 0.4) is 0 Å². The molecule has 7 aromatic heterocycles. The SMILES string of the molecule is Cc1cc[n+]([O-])c(CN(C)C)c1.Cc1cc[n+]([O-])cc1.Cc1cc[n+]([O-])cc1CN(C)C.Cc1ccc(F)cc1CN(C)C.Cc1ccnc(CN(C)C)c1.Cc1ccnc(CN(C)C)n1.Cc1ccnc(N)c1.Cc1ccnc(N)n1. The summed E-state index contributed by atoms with van der Waals surface area (Å²) in [6, 6.07) is 25.6. The van der Waals surface area contributed by atoms with E-state index in [-0.39, 0.29) is 5.82 Å². The Hall–Kier alpha value is -8.14. The molecule has 0 spiro atoms. The fourth-order valence-corrected chi connectivity index (χ4v) is 6.73. The molecule has 20 heteroatoms. The zero-order valence-corrected chi connectivity index (χ0v) is 51.8. The normalized spacial score (nSPS) is 10.2. The first kappa shape index (κ1) is 71.9. The zero-order valence-electron chi connectivity index (χ0n) is 51.8. The summed E-state index contributed by atoms with van der Waals surface area (Å²) in [6.45, 7) is 19.9. The van der Waals surface area contributed by atoms with Crippen LogP contribution in [-0.4, -0.2) is 125 Å². The molecule has 0 aliphatic rings. The van der Waals surface area contributed by atoms with Crippen LogP contribution in [0.25, 0.3) is 0 Å². The van der Waals surface area contributed by atoms with Crippen LogP contribution < -0.4 is 25.7 Å². The summed E-state index contributed by atoms with van der Waals surface area (Å²) in [7, 11) is 19.9. The highest BCUT2D eigenvalue weighted by Crippen LogP contribution is 2.11. The molecule has 4 N–H and O–H groups in total. The van der Waals surface area contributed by atoms with Gasteiger partial charge in [0, 0.05) is 91.7 Å². The molecule has 0 aliphatic heterocycles. The number of aryl methyl sites for hydroxylation is 8. The van der Waals surface area contributed by atoms with E-state index in [0.29, 0.717) is 18.3 Å². The van der Waals surface area contributed by atoms with E-state index in [9.17, 15) is 20.0 Å². The molecular weight excluding hydrogens is 1040 g/mol. The van der Waals surface area contributed by atoms with Crippen LogP contribution in [0.1, 0.15) is 73.1 Å². The standard InChI is InChI=1S/C10H14FN.2C9H14N2O.C9H14N2.C8H13N3.C6H8N2.C6H7NO.C5H7N3/c1-8-4-5-10(11)6-9(8)7-12(2)3;1-8-4-5-11(12)7-9(8)6-10(2)3;1-8-4-5-11(12)9(6-8)7-10(2)3;1-8-4-5-10-9(6-8)7-11(2)3;1-7-4-5-9-8(10-7)6-11(2)3;1-5-2-3-8-6(7)4-5;1-6-2-4-7(8)5-3-6;1-4-2-3-7-5(6)8-4/h4-6H,7H2,1-3H3;4-5,7H,6H2,1-3H3;4-6H,7H2,1-3H3;4-6H,7H2,1-3H3;4-5H,6H2,1-3H3;2-4H,1H3,(H2,7,8);2-5H,1H3;2-3H,1H3,(H2,6,7,8). The highest BCUT2D eigenvalue weighted by molar-refractivity contribution is 5.30. The molecule has 1 aromatic carbocycles. The van der Waals surface area contributed by atoms with Gasteiger partial charge in [0.05, 0.1) is 18.8 Å². The number of nitrogens with zero attached hydrogens (tertiary/aromatic N) is 14. The number of hydrogen-bond acceptors (Lipinski definition) is 16. The number of aromatic nitrogens is 9. The minimum Gasteiger partial charge on any atom is -0.619 e. The largest absolute Gasteiger partial charge is 0.619 e. The first-order valence-electron chi connectivity index (χ1n) is 26.5. The van der Waals surface area contributed by atoms with E-state index in [1.54, 1.807) is 55.2 Å². The number of rotatable bonds is 10. The number of hydrogen-bond donors (Lipinski definition) is 2. The van der Waals surface area contributed by atoms with Crippen molar-refractivity contribution in [1.29, 1.82) is 0 Å². The van der Waals surface area contributed by atoms with E-state index in [4.69, 9.17) is 11.5 Å². The smallest absolute Gasteiger partial charge is 0.220 e. The molecule has 0 saturated carbocycles. The number of benzene rings is 1. The molecule has 8 rings (SSSR count). The molecule has 82 heavy (non-hydrogen) atoms. The van der Waals surface area contributed by atoms with Gasteiger partial charge in [-0.1, -0.05) is 6.07 Å². The molecule has 0 unspecified atom stereocenters. The Balaban J connectivity index is 0.000000471. The van der Waals surface area contributed by atoms with Gasteiger partial charge in [-0.3, -0.25) is 9.88 Å². The molecule has 0 bridgehead atoms. The van der Waals surface area contributed by atoms with Crippen molar-refractivity contribution in [3.63, 3.8) is 0 Å². The molecule has 0 amide bonds. The van der Waals surface area contributed by atoms with Crippen LogP contribution >= 0.6 is 0 Å². The summed E-state index contributed by atoms with van der Waals surface area (Å²) in [5.74, 6) is 1.66. The summed E-state index contributed by atoms with van der Waals surface area (Å²) >= 11 is 0. The van der Waals surface area contributed by atoms with Crippen LogP contribution in [0.4, 0.5) is 16.2 Å². The van der Waals surface area contributed by atoms with Crippen molar-refractivity contribution in [1.82, 2.24) is 54.4 Å². The van der Waals surface area contributed by atoms with Gasteiger partial charge >= 0.3 is 0 Å². The lowest BCUT2D eigenvalue weighted by molar-refractivity contribution is -0.615. The molecule has 7 heterocycles. The van der Waals surface area contributed by atoms with Gasteiger partial charge in [0.25, 0.3) is 0 Å². The molecule has 8 aromatic rings. The third kappa shape index (κ3) is 35.5. The summed E-state index contributed by atoms with van der Waals surface area (Å²) in [5.41, 5.74) is 23.5. The maximum absolute atomic E-state index is 12.8. The number of nitrogens with two attached hydrogens (primary N) is 2. The fraction of sp³-hybridized carbons (Fsp3) is 0.371. The van der Waals surface area contributed by atoms with Crippen molar-refractivity contribution in [3.8, 4) is 0 Å². The summed E-state index contributed by atoms with van der Waals surface area (Å²) in [5, 5.41) is 32.5. The zero-order chi connectivity index (χ0) is 61.9. The van der Waals surface area contributed by atoms with Gasteiger partial charge in [-0.05, 0) is 213 Å². The second-order valence-corrected chi connectivity index (χ2v) is 20.8. The van der Waals surface area contributed by atoms with Crippen molar-refractivity contribution >= 4 is 11.8 Å². The molecule has 0 radical (unpaired) electrons. The minimum absolute atomic E-state index is 0.155. The Bertz CT molecular complexity index is 2750. The molecule has 0 aliphatic carbocycles. The fourth-order valence-electron chi connectivity index (χ4n) is 6.73. The first-order chi connectivity index (χ1) is 38.5. The Kier molecular flexibility index (Phi) is 34.4. The summed E-state index contributed by atoms with van der Waals surface area (Å²) < 4.78 is 15.3. The van der Waals surface area contributed by atoms with Crippen LogP contribution in [0.15, 0.2) is 141 Å². The van der Waals surface area contributed by atoms with Crippen LogP contribution in [0.5, 0.6) is 0 Å². The van der Waals surface area contributed by atoms with E-state index >= 15 is 0 Å². The third-order valence-corrected chi connectivity index (χ3v) is 10.6. The number of pyridine rings is 5. The Morgan fingerprint density at radius 3 is 1.41 bits per heavy atom. The van der Waals surface area contributed by atoms with E-state index in [0.717, 1.165) is 108 Å². The second kappa shape index (κ2) is 39.3. The number of nitrogen functional groups attached to an aromatic ring is 2. The number of halogens is 1. The third-order valence-electron chi connectivity index (χ3n) is 10.6. The number of anilines is 2. The highest BCUT2D eigenvalue weighted by atomic mass is 19.1.